The molecule has 18 heavy (non-hydrogen) atoms. The molecule has 1 aliphatic heterocycles. The third-order valence-electron chi connectivity index (χ3n) is 4.00. The van der Waals surface area contributed by atoms with E-state index >= 15 is 0 Å². The number of hydrogen-bond donors (Lipinski definition) is 1. The van der Waals surface area contributed by atoms with Crippen LogP contribution in [-0.2, 0) is 0 Å². The second-order valence-electron chi connectivity index (χ2n) is 5.38. The number of aliphatic imine (C=N–C) groups is 1. The van der Waals surface area contributed by atoms with Gasteiger partial charge in [0.15, 0.2) is 5.96 Å². The first-order valence-electron chi connectivity index (χ1n) is 7.40. The molecule has 1 fully saturated rings. The molecule has 2 N–H and O–H groups in total. The molecule has 0 aromatic heterocycles. The van der Waals surface area contributed by atoms with Gasteiger partial charge in [-0.25, -0.2) is 0 Å². The number of nitrogens with zero attached hydrogens (tertiary/aromatic N) is 3. The smallest absolute Gasteiger partial charge is 0.191 e. The first-order chi connectivity index (χ1) is 8.65. The van der Waals surface area contributed by atoms with E-state index in [9.17, 15) is 0 Å². The van der Waals surface area contributed by atoms with E-state index in [0.717, 1.165) is 32.1 Å². The van der Waals surface area contributed by atoms with E-state index in [1.165, 1.54) is 32.1 Å². The van der Waals surface area contributed by atoms with Gasteiger partial charge in [0, 0.05) is 25.7 Å². The molecule has 4 nitrogen and oxygen atoms in total. The zero-order chi connectivity index (χ0) is 13.4. The molecule has 1 heterocycles. The molecule has 0 bridgehead atoms. The molecular weight excluding hydrogens is 224 g/mol. The van der Waals surface area contributed by atoms with E-state index in [1.54, 1.807) is 0 Å². The molecule has 1 unspecified atom stereocenters. The van der Waals surface area contributed by atoms with Gasteiger partial charge in [-0.2, -0.15) is 0 Å². The Hall–Kier alpha value is -0.770. The summed E-state index contributed by atoms with van der Waals surface area (Å²) in [6, 6.07) is 0.625. The number of rotatable bonds is 5. The van der Waals surface area contributed by atoms with Crippen LogP contribution in [0.5, 0.6) is 0 Å². The van der Waals surface area contributed by atoms with Gasteiger partial charge in [0.2, 0.25) is 0 Å². The highest BCUT2D eigenvalue weighted by atomic mass is 15.3. The first-order valence-corrected chi connectivity index (χ1v) is 7.40. The highest BCUT2D eigenvalue weighted by molar-refractivity contribution is 5.78. The fourth-order valence-corrected chi connectivity index (χ4v) is 2.25. The summed E-state index contributed by atoms with van der Waals surface area (Å²) >= 11 is 0. The average Bonchev–Trinajstić information content (AvgIpc) is 2.66. The first kappa shape index (κ1) is 15.3. The van der Waals surface area contributed by atoms with Crippen LogP contribution in [0, 0.1) is 0 Å². The van der Waals surface area contributed by atoms with Crippen LogP contribution in [0.3, 0.4) is 0 Å². The van der Waals surface area contributed by atoms with Crippen LogP contribution in [0.25, 0.3) is 0 Å². The summed E-state index contributed by atoms with van der Waals surface area (Å²) in [7, 11) is 2.16. The molecule has 1 atom stereocenters. The summed E-state index contributed by atoms with van der Waals surface area (Å²) < 4.78 is 0. The largest absolute Gasteiger partial charge is 0.370 e. The minimum atomic E-state index is 0.625. The summed E-state index contributed by atoms with van der Waals surface area (Å²) in [4.78, 5) is 9.12. The second-order valence-corrected chi connectivity index (χ2v) is 5.38. The van der Waals surface area contributed by atoms with Crippen molar-refractivity contribution in [3.05, 3.63) is 0 Å². The van der Waals surface area contributed by atoms with Crippen LogP contribution in [0.4, 0.5) is 0 Å². The zero-order valence-electron chi connectivity index (χ0n) is 12.4. The van der Waals surface area contributed by atoms with Crippen molar-refractivity contribution in [2.45, 2.75) is 52.0 Å². The minimum absolute atomic E-state index is 0.625. The molecule has 0 aromatic rings. The Balaban J connectivity index is 2.31. The van der Waals surface area contributed by atoms with Gasteiger partial charge >= 0.3 is 0 Å². The molecule has 0 aliphatic carbocycles. The van der Waals surface area contributed by atoms with Crippen molar-refractivity contribution in [3.63, 3.8) is 0 Å². The van der Waals surface area contributed by atoms with Crippen molar-refractivity contribution in [2.75, 3.05) is 33.2 Å². The van der Waals surface area contributed by atoms with Crippen molar-refractivity contribution in [2.24, 2.45) is 10.7 Å². The van der Waals surface area contributed by atoms with Crippen molar-refractivity contribution in [1.82, 2.24) is 9.80 Å². The lowest BCUT2D eigenvalue weighted by atomic mass is 10.2. The zero-order valence-corrected chi connectivity index (χ0v) is 12.4. The van der Waals surface area contributed by atoms with Crippen molar-refractivity contribution in [3.8, 4) is 0 Å². The third-order valence-corrected chi connectivity index (χ3v) is 4.00. The Morgan fingerprint density at radius 1 is 1.28 bits per heavy atom. The number of likely N-dealkylation sites (N-methyl/N-ethyl adjacent to an activating group) is 1. The molecule has 1 saturated heterocycles. The van der Waals surface area contributed by atoms with E-state index in [4.69, 9.17) is 5.73 Å². The fraction of sp³-hybridized carbons (Fsp3) is 0.929. The number of nitrogens with two attached hydrogens (primary N) is 1. The van der Waals surface area contributed by atoms with Gasteiger partial charge in [-0.1, -0.05) is 19.8 Å². The number of hydrogen-bond acceptors (Lipinski definition) is 2. The Labute approximate surface area is 112 Å². The van der Waals surface area contributed by atoms with Crippen molar-refractivity contribution < 1.29 is 0 Å². The maximum atomic E-state index is 6.07. The van der Waals surface area contributed by atoms with Gasteiger partial charge in [-0.05, 0) is 33.2 Å². The van der Waals surface area contributed by atoms with Gasteiger partial charge < -0.3 is 15.5 Å². The van der Waals surface area contributed by atoms with Crippen LogP contribution in [0.2, 0.25) is 0 Å². The van der Waals surface area contributed by atoms with Gasteiger partial charge in [-0.15, -0.1) is 0 Å². The van der Waals surface area contributed by atoms with Gasteiger partial charge in [0.1, 0.15) is 0 Å². The molecule has 0 saturated carbocycles. The fourth-order valence-electron chi connectivity index (χ4n) is 2.25. The lowest BCUT2D eigenvalue weighted by molar-refractivity contribution is 0.258. The molecule has 0 aromatic carbocycles. The second kappa shape index (κ2) is 8.35. The molecule has 0 amide bonds. The predicted molar refractivity (Wildman–Crippen MR) is 78.9 cm³/mol. The van der Waals surface area contributed by atoms with E-state index in [1.807, 2.05) is 0 Å². The van der Waals surface area contributed by atoms with Crippen LogP contribution >= 0.6 is 0 Å². The molecule has 1 rings (SSSR count). The van der Waals surface area contributed by atoms with E-state index < -0.39 is 0 Å². The predicted octanol–water partition coefficient (Wildman–Crippen LogP) is 1.91. The van der Waals surface area contributed by atoms with E-state index in [0.29, 0.717) is 6.04 Å². The Bertz CT molecular complexity index is 244. The summed E-state index contributed by atoms with van der Waals surface area (Å²) in [6.45, 7) is 8.43. The Morgan fingerprint density at radius 3 is 2.44 bits per heavy atom. The normalized spacial score (nSPS) is 20.0. The van der Waals surface area contributed by atoms with Crippen molar-refractivity contribution >= 4 is 5.96 Å². The van der Waals surface area contributed by atoms with Crippen molar-refractivity contribution in [1.29, 1.82) is 0 Å². The van der Waals surface area contributed by atoms with Crippen LogP contribution in [0.1, 0.15) is 46.0 Å². The Kier molecular flexibility index (Phi) is 7.09. The van der Waals surface area contributed by atoms with Crippen LogP contribution in [-0.4, -0.2) is 55.0 Å². The van der Waals surface area contributed by atoms with Crippen LogP contribution in [0.15, 0.2) is 4.99 Å². The lowest BCUT2D eigenvalue weighted by Gasteiger charge is -2.24. The molecule has 106 valence electrons. The number of guanidine groups is 1. The van der Waals surface area contributed by atoms with Crippen LogP contribution < -0.4 is 5.73 Å². The van der Waals surface area contributed by atoms with E-state index in [2.05, 4.69) is 35.7 Å². The molecule has 1 aliphatic rings. The van der Waals surface area contributed by atoms with E-state index in [-0.39, 0.29) is 0 Å². The standard InChI is InChI=1S/C14H30N4/c1-4-13(2)17(3)12-9-16-14(15)18-10-7-5-6-8-11-18/h13H,4-12H2,1-3H3,(H2,15,16). The maximum absolute atomic E-state index is 6.07. The molecule has 0 radical (unpaired) electrons. The summed E-state index contributed by atoms with van der Waals surface area (Å²) in [6.07, 6.45) is 6.36. The number of likely N-dealkylation sites (tertiary alicyclic amines) is 1. The minimum Gasteiger partial charge on any atom is -0.370 e. The molecule has 0 spiro atoms. The molecular formula is C14H30N4. The summed E-state index contributed by atoms with van der Waals surface area (Å²) in [5.41, 5.74) is 6.07. The summed E-state index contributed by atoms with van der Waals surface area (Å²) in [5.74, 6) is 0.745. The third kappa shape index (κ3) is 5.25. The monoisotopic (exact) mass is 254 g/mol. The van der Waals surface area contributed by atoms with Gasteiger partial charge in [0.25, 0.3) is 0 Å². The highest BCUT2D eigenvalue weighted by Gasteiger charge is 2.11. The van der Waals surface area contributed by atoms with Gasteiger partial charge in [-0.3, -0.25) is 4.99 Å². The average molecular weight is 254 g/mol. The highest BCUT2D eigenvalue weighted by Crippen LogP contribution is 2.09. The lowest BCUT2D eigenvalue weighted by Crippen LogP contribution is -2.39. The SMILES string of the molecule is CCC(C)N(C)CCN=C(N)N1CCCCCC1. The topological polar surface area (TPSA) is 44.9 Å². The summed E-state index contributed by atoms with van der Waals surface area (Å²) in [5, 5.41) is 0. The molecule has 4 heteroatoms. The Morgan fingerprint density at radius 2 is 1.89 bits per heavy atom. The quantitative estimate of drug-likeness (QED) is 0.602. The maximum Gasteiger partial charge on any atom is 0.191 e. The van der Waals surface area contributed by atoms with Gasteiger partial charge in [0.05, 0.1) is 6.54 Å².